The summed E-state index contributed by atoms with van der Waals surface area (Å²) in [4.78, 5) is 0. The highest BCUT2D eigenvalue weighted by Crippen LogP contribution is 2.42. The summed E-state index contributed by atoms with van der Waals surface area (Å²) < 4.78 is 0. The van der Waals surface area contributed by atoms with Crippen molar-refractivity contribution in [2.75, 3.05) is 0 Å². The smallest absolute Gasteiger partial charge is 0.0360 e. The minimum atomic E-state index is 0.901. The first-order valence-electron chi connectivity index (χ1n) is 28.1. The van der Waals surface area contributed by atoms with E-state index in [0.717, 1.165) is 118 Å². The van der Waals surface area contributed by atoms with Crippen LogP contribution in [0.15, 0.2) is 0 Å². The summed E-state index contributed by atoms with van der Waals surface area (Å²) in [5, 5.41) is 0. The van der Waals surface area contributed by atoms with Gasteiger partial charge in [-0.25, -0.2) is 0 Å². The number of hydrogen-bond acceptors (Lipinski definition) is 0. The molecule has 0 N–H and O–H groups in total. The topological polar surface area (TPSA) is 0 Å². The molecule has 0 aromatic rings. The molecule has 0 saturated heterocycles. The fourth-order valence-corrected chi connectivity index (χ4v) is 13.5. The largest absolute Gasteiger partial charge is 0.0625 e. The summed E-state index contributed by atoms with van der Waals surface area (Å²) in [6.45, 7) is 47.8. The molecule has 0 radical (unpaired) electrons. The van der Waals surface area contributed by atoms with E-state index in [-0.39, 0.29) is 0 Å². The summed E-state index contributed by atoms with van der Waals surface area (Å²) in [5.74, 6) is 19.2. The van der Waals surface area contributed by atoms with Crippen LogP contribution in [-0.2, 0) is 0 Å². The van der Waals surface area contributed by atoms with Gasteiger partial charge in [-0.1, -0.05) is 196 Å². The van der Waals surface area contributed by atoms with Crippen molar-refractivity contribution in [3.05, 3.63) is 0 Å². The van der Waals surface area contributed by atoms with Gasteiger partial charge in [0.1, 0.15) is 0 Å². The van der Waals surface area contributed by atoms with E-state index in [9.17, 15) is 0 Å². The molecule has 0 spiro atoms. The predicted octanol–water partition coefficient (Wildman–Crippen LogP) is 20.5. The zero-order chi connectivity index (χ0) is 45.7. The molecule has 5 rings (SSSR count). The van der Waals surface area contributed by atoms with Crippen LogP contribution in [0.1, 0.15) is 267 Å². The molecule has 0 nitrogen and oxygen atoms in total. The summed E-state index contributed by atoms with van der Waals surface area (Å²) >= 11 is 0. The second kappa shape index (κ2) is 31.0. The van der Waals surface area contributed by atoms with Crippen LogP contribution in [0.5, 0.6) is 0 Å². The molecular weight excluding hydrogens is 721 g/mol. The third kappa shape index (κ3) is 21.8. The zero-order valence-electron chi connectivity index (χ0n) is 45.7. The van der Waals surface area contributed by atoms with Crippen molar-refractivity contribution in [1.29, 1.82) is 0 Å². The molecule has 360 valence electrons. The van der Waals surface area contributed by atoms with Gasteiger partial charge in [0.05, 0.1) is 0 Å². The number of hydrogen-bond donors (Lipinski definition) is 0. The van der Waals surface area contributed by atoms with E-state index in [1.807, 2.05) is 0 Å². The Morgan fingerprint density at radius 1 is 0.183 bits per heavy atom. The Labute approximate surface area is 383 Å². The van der Waals surface area contributed by atoms with Gasteiger partial charge < -0.3 is 0 Å². The molecule has 0 heterocycles. The van der Waals surface area contributed by atoms with Crippen LogP contribution in [-0.4, -0.2) is 0 Å². The van der Waals surface area contributed by atoms with E-state index >= 15 is 0 Å². The van der Waals surface area contributed by atoms with Crippen LogP contribution in [0.3, 0.4) is 0 Å². The van der Waals surface area contributed by atoms with Crippen molar-refractivity contribution in [3.8, 4) is 0 Å². The van der Waals surface area contributed by atoms with Crippen molar-refractivity contribution >= 4 is 0 Å². The van der Waals surface area contributed by atoms with Crippen LogP contribution in [0.2, 0.25) is 0 Å². The lowest BCUT2D eigenvalue weighted by Gasteiger charge is -2.37. The molecule has 0 amide bonds. The fourth-order valence-electron chi connectivity index (χ4n) is 13.5. The molecule has 5 aliphatic carbocycles. The van der Waals surface area contributed by atoms with Crippen molar-refractivity contribution < 1.29 is 0 Å². The molecule has 0 aromatic heterocycles. The molecule has 5 saturated carbocycles. The van der Waals surface area contributed by atoms with E-state index in [2.05, 4.69) is 138 Å². The summed E-state index contributed by atoms with van der Waals surface area (Å²) in [5.41, 5.74) is 0. The van der Waals surface area contributed by atoms with E-state index in [1.54, 1.807) is 0 Å². The Bertz CT molecular complexity index is 829. The monoisotopic (exact) mass is 841 g/mol. The van der Waals surface area contributed by atoms with Crippen LogP contribution in [0.25, 0.3) is 0 Å². The maximum Gasteiger partial charge on any atom is -0.0360 e. The van der Waals surface area contributed by atoms with Crippen LogP contribution >= 0.6 is 0 Å². The first-order chi connectivity index (χ1) is 28.1. The summed E-state index contributed by atoms with van der Waals surface area (Å²) in [6.07, 6.45) is 29.7. The molecule has 0 aliphatic heterocycles. The Hall–Kier alpha value is 0. The van der Waals surface area contributed by atoms with Gasteiger partial charge in [0, 0.05) is 0 Å². The highest BCUT2D eigenvalue weighted by Gasteiger charge is 2.32. The Morgan fingerprint density at radius 2 is 0.367 bits per heavy atom. The lowest BCUT2D eigenvalue weighted by atomic mass is 9.69. The van der Waals surface area contributed by atoms with Crippen molar-refractivity contribution in [3.63, 3.8) is 0 Å². The van der Waals surface area contributed by atoms with Gasteiger partial charge in [-0.05, 0) is 189 Å². The van der Waals surface area contributed by atoms with E-state index in [1.165, 1.54) is 128 Å². The second-order valence-corrected chi connectivity index (χ2v) is 25.6. The van der Waals surface area contributed by atoms with Gasteiger partial charge in [0.15, 0.2) is 0 Å². The molecule has 5 fully saturated rings. The van der Waals surface area contributed by atoms with Crippen molar-refractivity contribution in [1.82, 2.24) is 0 Å². The molecule has 5 aliphatic rings. The minimum absolute atomic E-state index is 0.901. The van der Waals surface area contributed by atoms with Crippen LogP contribution < -0.4 is 0 Å². The lowest BCUT2D eigenvalue weighted by molar-refractivity contribution is 0.136. The van der Waals surface area contributed by atoms with Gasteiger partial charge in [-0.15, -0.1) is 0 Å². The van der Waals surface area contributed by atoms with E-state index in [0.29, 0.717) is 0 Å². The third-order valence-electron chi connectivity index (χ3n) is 18.1. The third-order valence-corrected chi connectivity index (χ3v) is 18.1. The molecule has 0 aromatic carbocycles. The van der Waals surface area contributed by atoms with Crippen LogP contribution in [0, 0.1) is 118 Å². The quantitative estimate of drug-likeness (QED) is 0.206. The van der Waals surface area contributed by atoms with Gasteiger partial charge in [0.2, 0.25) is 0 Å². The molecule has 0 bridgehead atoms. The normalized spacial score (nSPS) is 31.5. The molecule has 0 heteroatoms. The van der Waals surface area contributed by atoms with Gasteiger partial charge in [-0.3, -0.25) is 0 Å². The molecule has 60 heavy (non-hydrogen) atoms. The second-order valence-electron chi connectivity index (χ2n) is 25.6. The fraction of sp³-hybridized carbons (Fsp3) is 1.00. The maximum atomic E-state index is 2.39. The van der Waals surface area contributed by atoms with Crippen molar-refractivity contribution in [2.24, 2.45) is 118 Å². The molecule has 8 atom stereocenters. The average Bonchev–Trinajstić information content (AvgIpc) is 3.21. The number of rotatable bonds is 10. The predicted molar refractivity (Wildman–Crippen MR) is 276 cm³/mol. The minimum Gasteiger partial charge on any atom is -0.0625 e. The van der Waals surface area contributed by atoms with Gasteiger partial charge in [-0.2, -0.15) is 0 Å². The summed E-state index contributed by atoms with van der Waals surface area (Å²) in [6, 6.07) is 0. The highest BCUT2D eigenvalue weighted by molar-refractivity contribution is 4.82. The Morgan fingerprint density at radius 3 is 0.517 bits per heavy atom. The first-order valence-corrected chi connectivity index (χ1v) is 28.1. The average molecular weight is 842 g/mol. The Kier molecular flexibility index (Phi) is 30.0. The lowest BCUT2D eigenvalue weighted by Crippen LogP contribution is -2.27. The molecule has 4 unspecified atom stereocenters. The Balaban J connectivity index is 0.000000375. The van der Waals surface area contributed by atoms with Gasteiger partial charge in [0.25, 0.3) is 0 Å². The standard InChI is InChI=1S/5C12H24/c1-9(2)11-5-7-12(8-6-11)10(3)4;1-9(2)11-6-5-7-12(8-11)10(3)4;3*1-9(2)11-7-5-6-8-12(11)10(3)4/h5*9-12H,5-8H2,1-4H3/t;;11-,12+;11-,12-;/m...0./s1. The first kappa shape index (κ1) is 58.0. The van der Waals surface area contributed by atoms with E-state index < -0.39 is 0 Å². The zero-order valence-corrected chi connectivity index (χ0v) is 45.7. The highest BCUT2D eigenvalue weighted by atomic mass is 14.4. The van der Waals surface area contributed by atoms with Gasteiger partial charge >= 0.3 is 0 Å². The van der Waals surface area contributed by atoms with E-state index in [4.69, 9.17) is 0 Å². The van der Waals surface area contributed by atoms with Crippen LogP contribution in [0.4, 0.5) is 0 Å². The summed E-state index contributed by atoms with van der Waals surface area (Å²) in [7, 11) is 0. The molecular formula is C60H120. The maximum absolute atomic E-state index is 2.39. The SMILES string of the molecule is CC(C)C1CCC(C(C)C)CC1.CC(C)C1CCCC(C(C)C)C1.CC(C)C1CCCCC1C(C)C.CC(C)[C@@H]1CCCC[C@H]1C(C)C.CC(C)[C@H]1CCCC[C@H]1C(C)C. The van der Waals surface area contributed by atoms with Crippen molar-refractivity contribution in [2.45, 2.75) is 267 Å².